The number of anilines is 1. The molecule has 1 aromatic carbocycles. The van der Waals surface area contributed by atoms with Gasteiger partial charge in [0.25, 0.3) is 0 Å². The van der Waals surface area contributed by atoms with E-state index in [-0.39, 0.29) is 5.75 Å². The van der Waals surface area contributed by atoms with Crippen LogP contribution in [0.3, 0.4) is 0 Å². The number of rotatable bonds is 6. The lowest BCUT2D eigenvalue weighted by molar-refractivity contribution is 0.600. The molecule has 16 heavy (non-hydrogen) atoms. The lowest BCUT2D eigenvalue weighted by Gasteiger charge is -2.09. The van der Waals surface area contributed by atoms with Gasteiger partial charge in [0, 0.05) is 24.4 Å². The monoisotopic (exact) mass is 261 g/mol. The molecule has 0 bridgehead atoms. The van der Waals surface area contributed by atoms with Gasteiger partial charge in [0.1, 0.15) is 9.84 Å². The minimum absolute atomic E-state index is 0.211. The molecule has 0 aliphatic rings. The number of nitrogens with one attached hydrogen (secondary N) is 1. The van der Waals surface area contributed by atoms with Crippen LogP contribution in [0.4, 0.5) is 5.69 Å². The SMILES string of the molecule is CS(=O)(=O)CCCNc1ccccc1CCl. The van der Waals surface area contributed by atoms with Gasteiger partial charge in [0.2, 0.25) is 0 Å². The molecule has 0 saturated heterocycles. The van der Waals surface area contributed by atoms with Crippen molar-refractivity contribution in [3.8, 4) is 0 Å². The van der Waals surface area contributed by atoms with Crippen LogP contribution in [-0.4, -0.2) is 27.0 Å². The maximum Gasteiger partial charge on any atom is 0.147 e. The summed E-state index contributed by atoms with van der Waals surface area (Å²) in [5.74, 6) is 0.665. The second-order valence-corrected chi connectivity index (χ2v) is 6.23. The molecule has 0 heterocycles. The van der Waals surface area contributed by atoms with Gasteiger partial charge >= 0.3 is 0 Å². The van der Waals surface area contributed by atoms with Crippen molar-refractivity contribution < 1.29 is 8.42 Å². The summed E-state index contributed by atoms with van der Waals surface area (Å²) in [5.41, 5.74) is 2.01. The fraction of sp³-hybridized carbons (Fsp3) is 0.455. The number of alkyl halides is 1. The van der Waals surface area contributed by atoms with E-state index in [0.29, 0.717) is 18.8 Å². The van der Waals surface area contributed by atoms with Crippen LogP contribution in [-0.2, 0) is 15.7 Å². The topological polar surface area (TPSA) is 46.2 Å². The van der Waals surface area contributed by atoms with Crippen molar-refractivity contribution in [2.75, 3.05) is 23.9 Å². The van der Waals surface area contributed by atoms with Gasteiger partial charge in [-0.15, -0.1) is 11.6 Å². The molecule has 1 rings (SSSR count). The Morgan fingerprint density at radius 2 is 2.00 bits per heavy atom. The minimum atomic E-state index is -2.86. The van der Waals surface area contributed by atoms with Crippen LogP contribution in [0.1, 0.15) is 12.0 Å². The summed E-state index contributed by atoms with van der Waals surface area (Å²) in [6.45, 7) is 0.640. The van der Waals surface area contributed by atoms with E-state index in [1.54, 1.807) is 0 Å². The van der Waals surface area contributed by atoms with Gasteiger partial charge < -0.3 is 5.32 Å². The summed E-state index contributed by atoms with van der Waals surface area (Å²) >= 11 is 5.78. The zero-order chi connectivity index (χ0) is 12.0. The summed E-state index contributed by atoms with van der Waals surface area (Å²) < 4.78 is 21.8. The number of halogens is 1. The predicted octanol–water partition coefficient (Wildman–Crippen LogP) is 2.27. The third kappa shape index (κ3) is 4.86. The average molecular weight is 262 g/mol. The van der Waals surface area contributed by atoms with Crippen LogP contribution in [0.2, 0.25) is 0 Å². The maximum atomic E-state index is 10.9. The molecule has 0 spiro atoms. The van der Waals surface area contributed by atoms with Crippen molar-refractivity contribution in [2.45, 2.75) is 12.3 Å². The highest BCUT2D eigenvalue weighted by molar-refractivity contribution is 7.90. The Balaban J connectivity index is 2.43. The van der Waals surface area contributed by atoms with Crippen molar-refractivity contribution in [1.82, 2.24) is 0 Å². The number of sulfone groups is 1. The molecule has 0 amide bonds. The first-order chi connectivity index (χ1) is 7.53. The van der Waals surface area contributed by atoms with Crippen LogP contribution >= 0.6 is 11.6 Å². The number of hydrogen-bond acceptors (Lipinski definition) is 3. The van der Waals surface area contributed by atoms with Gasteiger partial charge in [-0.25, -0.2) is 8.42 Å². The van der Waals surface area contributed by atoms with E-state index in [1.165, 1.54) is 6.26 Å². The Bertz CT molecular complexity index is 431. The molecule has 5 heteroatoms. The molecular weight excluding hydrogens is 246 g/mol. The van der Waals surface area contributed by atoms with Crippen molar-refractivity contribution in [1.29, 1.82) is 0 Å². The summed E-state index contributed by atoms with van der Waals surface area (Å²) in [5, 5.41) is 3.19. The quantitative estimate of drug-likeness (QED) is 0.631. The highest BCUT2D eigenvalue weighted by Gasteiger charge is 2.02. The number of hydrogen-bond donors (Lipinski definition) is 1. The molecule has 0 fully saturated rings. The molecule has 0 aromatic heterocycles. The van der Waals surface area contributed by atoms with Gasteiger partial charge in [-0.2, -0.15) is 0 Å². The second kappa shape index (κ2) is 6.11. The molecule has 1 N–H and O–H groups in total. The maximum absolute atomic E-state index is 10.9. The smallest absolute Gasteiger partial charge is 0.147 e. The van der Waals surface area contributed by atoms with Gasteiger partial charge in [-0.3, -0.25) is 0 Å². The van der Waals surface area contributed by atoms with Gasteiger partial charge in [0.05, 0.1) is 5.75 Å². The molecule has 0 saturated carbocycles. The fourth-order valence-electron chi connectivity index (χ4n) is 1.37. The Morgan fingerprint density at radius 3 is 2.62 bits per heavy atom. The van der Waals surface area contributed by atoms with E-state index >= 15 is 0 Å². The molecule has 3 nitrogen and oxygen atoms in total. The molecule has 0 unspecified atom stereocenters. The van der Waals surface area contributed by atoms with Crippen LogP contribution in [0.5, 0.6) is 0 Å². The molecule has 1 aromatic rings. The van der Waals surface area contributed by atoms with E-state index in [2.05, 4.69) is 5.32 Å². The Hall–Kier alpha value is -0.740. The summed E-state index contributed by atoms with van der Waals surface area (Å²) in [7, 11) is -2.86. The standard InChI is InChI=1S/C11H16ClNO2S/c1-16(14,15)8-4-7-13-11-6-3-2-5-10(11)9-12/h2-3,5-6,13H,4,7-9H2,1H3. The van der Waals surface area contributed by atoms with Gasteiger partial charge in [-0.1, -0.05) is 18.2 Å². The van der Waals surface area contributed by atoms with E-state index in [1.807, 2.05) is 24.3 Å². The fourth-order valence-corrected chi connectivity index (χ4v) is 2.27. The third-order valence-electron chi connectivity index (χ3n) is 2.17. The first kappa shape index (κ1) is 13.3. The van der Waals surface area contributed by atoms with Crippen LogP contribution in [0.25, 0.3) is 0 Å². The van der Waals surface area contributed by atoms with E-state index < -0.39 is 9.84 Å². The first-order valence-electron chi connectivity index (χ1n) is 5.08. The normalized spacial score (nSPS) is 11.4. The molecule has 0 aliphatic heterocycles. The molecule has 90 valence electrons. The van der Waals surface area contributed by atoms with Crippen molar-refractivity contribution in [2.24, 2.45) is 0 Å². The third-order valence-corrected chi connectivity index (χ3v) is 3.49. The molecule has 0 atom stereocenters. The zero-order valence-electron chi connectivity index (χ0n) is 9.24. The minimum Gasteiger partial charge on any atom is -0.385 e. The van der Waals surface area contributed by atoms with Gasteiger partial charge in [0.15, 0.2) is 0 Å². The highest BCUT2D eigenvalue weighted by Crippen LogP contribution is 2.16. The summed E-state index contributed by atoms with van der Waals surface area (Å²) in [6, 6.07) is 7.75. The highest BCUT2D eigenvalue weighted by atomic mass is 35.5. The largest absolute Gasteiger partial charge is 0.385 e. The Labute approximate surface area is 102 Å². The summed E-state index contributed by atoms with van der Waals surface area (Å²) in [6.07, 6.45) is 1.86. The molecular formula is C11H16ClNO2S. The van der Waals surface area contributed by atoms with Crippen molar-refractivity contribution >= 4 is 27.1 Å². The first-order valence-corrected chi connectivity index (χ1v) is 7.68. The Kier molecular flexibility index (Phi) is 5.09. The van der Waals surface area contributed by atoms with E-state index in [0.717, 1.165) is 11.3 Å². The van der Waals surface area contributed by atoms with Crippen LogP contribution in [0, 0.1) is 0 Å². The van der Waals surface area contributed by atoms with Crippen LogP contribution in [0.15, 0.2) is 24.3 Å². The predicted molar refractivity (Wildman–Crippen MR) is 68.8 cm³/mol. The van der Waals surface area contributed by atoms with Crippen molar-refractivity contribution in [3.63, 3.8) is 0 Å². The van der Waals surface area contributed by atoms with E-state index in [4.69, 9.17) is 11.6 Å². The van der Waals surface area contributed by atoms with Gasteiger partial charge in [-0.05, 0) is 18.1 Å². The number of benzene rings is 1. The zero-order valence-corrected chi connectivity index (χ0v) is 10.8. The van der Waals surface area contributed by atoms with Crippen molar-refractivity contribution in [3.05, 3.63) is 29.8 Å². The molecule has 0 radical (unpaired) electrons. The number of para-hydroxylation sites is 1. The lowest BCUT2D eigenvalue weighted by atomic mass is 10.2. The average Bonchev–Trinajstić information content (AvgIpc) is 2.23. The Morgan fingerprint density at radius 1 is 1.31 bits per heavy atom. The summed E-state index contributed by atoms with van der Waals surface area (Å²) in [4.78, 5) is 0. The van der Waals surface area contributed by atoms with Crippen LogP contribution < -0.4 is 5.32 Å². The van der Waals surface area contributed by atoms with E-state index in [9.17, 15) is 8.42 Å². The lowest BCUT2D eigenvalue weighted by Crippen LogP contribution is -2.10. The second-order valence-electron chi connectivity index (χ2n) is 3.70. The molecule has 0 aliphatic carbocycles.